The third-order valence-electron chi connectivity index (χ3n) is 5.23. The molecule has 0 amide bonds. The van der Waals surface area contributed by atoms with Crippen LogP contribution in [0.2, 0.25) is 0 Å². The second kappa shape index (κ2) is 6.76. The van der Waals surface area contributed by atoms with E-state index in [0.717, 1.165) is 5.69 Å². The van der Waals surface area contributed by atoms with E-state index in [4.69, 9.17) is 9.72 Å². The molecule has 2 heteroatoms. The van der Waals surface area contributed by atoms with Crippen molar-refractivity contribution < 1.29 is 4.74 Å². The molecule has 0 bridgehead atoms. The molecule has 1 aromatic heterocycles. The average Bonchev–Trinajstić information content (AvgIpc) is 2.44. The standard InChI is InChI=1S/C21H33NO/c1-11(2)18-10-13(5)16(8)23-17(9)19-14(6)15(7)22-21(12(3)4)20(18)19/h10-13,16-17H,1-9H3/b18-10-/t13-,16-,17+/m1/s1. The molecule has 23 heavy (non-hydrogen) atoms. The van der Waals surface area contributed by atoms with Crippen LogP contribution in [0.3, 0.4) is 0 Å². The van der Waals surface area contributed by atoms with Crippen LogP contribution in [0.15, 0.2) is 6.08 Å². The first-order chi connectivity index (χ1) is 10.6. The summed E-state index contributed by atoms with van der Waals surface area (Å²) in [7, 11) is 0. The quantitative estimate of drug-likeness (QED) is 0.670. The van der Waals surface area contributed by atoms with Crippen molar-refractivity contribution in [3.8, 4) is 0 Å². The zero-order valence-corrected chi connectivity index (χ0v) is 16.3. The van der Waals surface area contributed by atoms with Gasteiger partial charge in [-0.05, 0) is 56.2 Å². The lowest BCUT2D eigenvalue weighted by molar-refractivity contribution is -0.0127. The first-order valence-corrected chi connectivity index (χ1v) is 9.03. The number of fused-ring (bicyclic) bond motifs is 1. The number of hydrogen-bond donors (Lipinski definition) is 0. The summed E-state index contributed by atoms with van der Waals surface area (Å²) < 4.78 is 6.36. The number of allylic oxidation sites excluding steroid dienone is 1. The van der Waals surface area contributed by atoms with E-state index >= 15 is 0 Å². The molecule has 2 nitrogen and oxygen atoms in total. The maximum absolute atomic E-state index is 6.36. The van der Waals surface area contributed by atoms with Crippen LogP contribution in [0.5, 0.6) is 0 Å². The van der Waals surface area contributed by atoms with Gasteiger partial charge in [0, 0.05) is 17.2 Å². The largest absolute Gasteiger partial charge is 0.370 e. The zero-order chi connectivity index (χ0) is 17.5. The second-order valence-electron chi connectivity index (χ2n) is 7.77. The van der Waals surface area contributed by atoms with E-state index in [2.05, 4.69) is 68.4 Å². The maximum atomic E-state index is 6.36. The summed E-state index contributed by atoms with van der Waals surface area (Å²) in [6.45, 7) is 20.0. The minimum atomic E-state index is 0.101. The summed E-state index contributed by atoms with van der Waals surface area (Å²) in [5.41, 5.74) is 7.77. The van der Waals surface area contributed by atoms with Crippen LogP contribution in [0.4, 0.5) is 0 Å². The lowest BCUT2D eigenvalue weighted by Gasteiger charge is -2.33. The van der Waals surface area contributed by atoms with Gasteiger partial charge in [-0.3, -0.25) is 4.98 Å². The molecule has 1 aliphatic heterocycles. The molecule has 0 unspecified atom stereocenters. The van der Waals surface area contributed by atoms with Gasteiger partial charge in [-0.2, -0.15) is 0 Å². The Morgan fingerprint density at radius 1 is 1.00 bits per heavy atom. The summed E-state index contributed by atoms with van der Waals surface area (Å²) in [6, 6.07) is 0. The third-order valence-corrected chi connectivity index (χ3v) is 5.23. The van der Waals surface area contributed by atoms with Crippen molar-refractivity contribution >= 4 is 5.57 Å². The molecule has 0 fully saturated rings. The topological polar surface area (TPSA) is 22.1 Å². The highest BCUT2D eigenvalue weighted by Gasteiger charge is 2.29. The van der Waals surface area contributed by atoms with Crippen molar-refractivity contribution in [3.63, 3.8) is 0 Å². The van der Waals surface area contributed by atoms with Crippen molar-refractivity contribution in [2.45, 2.75) is 80.4 Å². The van der Waals surface area contributed by atoms with Gasteiger partial charge in [0.15, 0.2) is 0 Å². The Bertz CT molecular complexity index is 613. The molecule has 0 N–H and O–H groups in total. The van der Waals surface area contributed by atoms with Crippen molar-refractivity contribution in [1.82, 2.24) is 4.98 Å². The number of nitrogens with zero attached hydrogens (tertiary/aromatic N) is 1. The number of aryl methyl sites for hydroxylation is 1. The summed E-state index contributed by atoms with van der Waals surface area (Å²) >= 11 is 0. The third kappa shape index (κ3) is 3.38. The Kier molecular flexibility index (Phi) is 5.35. The van der Waals surface area contributed by atoms with E-state index in [1.807, 2.05) is 0 Å². The Hall–Kier alpha value is -1.15. The van der Waals surface area contributed by atoms with Crippen molar-refractivity contribution in [2.24, 2.45) is 11.8 Å². The Morgan fingerprint density at radius 3 is 2.13 bits per heavy atom. The van der Waals surface area contributed by atoms with Crippen LogP contribution in [0.1, 0.15) is 88.6 Å². The highest BCUT2D eigenvalue weighted by atomic mass is 16.5. The number of aromatic nitrogens is 1. The lowest BCUT2D eigenvalue weighted by Crippen LogP contribution is -2.24. The van der Waals surface area contributed by atoms with E-state index in [9.17, 15) is 0 Å². The smallest absolute Gasteiger partial charge is 0.0810 e. The van der Waals surface area contributed by atoms with Gasteiger partial charge >= 0.3 is 0 Å². The van der Waals surface area contributed by atoms with Gasteiger partial charge in [-0.15, -0.1) is 0 Å². The van der Waals surface area contributed by atoms with E-state index in [0.29, 0.717) is 17.8 Å². The minimum absolute atomic E-state index is 0.101. The highest BCUT2D eigenvalue weighted by molar-refractivity contribution is 5.74. The molecule has 0 saturated heterocycles. The highest BCUT2D eigenvalue weighted by Crippen LogP contribution is 2.41. The van der Waals surface area contributed by atoms with Gasteiger partial charge in [0.05, 0.1) is 17.9 Å². The van der Waals surface area contributed by atoms with Gasteiger partial charge in [-0.25, -0.2) is 0 Å². The van der Waals surface area contributed by atoms with Gasteiger partial charge < -0.3 is 4.74 Å². The summed E-state index contributed by atoms with van der Waals surface area (Å²) in [4.78, 5) is 4.97. The first-order valence-electron chi connectivity index (χ1n) is 9.03. The molecular formula is C21H33NO. The van der Waals surface area contributed by atoms with Crippen LogP contribution in [-0.2, 0) is 4.74 Å². The number of pyridine rings is 1. The van der Waals surface area contributed by atoms with Crippen LogP contribution in [0, 0.1) is 25.7 Å². The Labute approximate surface area is 142 Å². The van der Waals surface area contributed by atoms with E-state index < -0.39 is 0 Å². The fourth-order valence-corrected chi connectivity index (χ4v) is 3.57. The molecule has 0 spiro atoms. The monoisotopic (exact) mass is 315 g/mol. The van der Waals surface area contributed by atoms with Crippen molar-refractivity contribution in [1.29, 1.82) is 0 Å². The molecular weight excluding hydrogens is 282 g/mol. The zero-order valence-electron chi connectivity index (χ0n) is 16.3. The second-order valence-corrected chi connectivity index (χ2v) is 7.77. The Balaban J connectivity index is 2.88. The predicted molar refractivity (Wildman–Crippen MR) is 98.7 cm³/mol. The number of rotatable bonds is 2. The van der Waals surface area contributed by atoms with Gasteiger partial charge in [0.25, 0.3) is 0 Å². The Morgan fingerprint density at radius 2 is 1.61 bits per heavy atom. The van der Waals surface area contributed by atoms with Crippen LogP contribution in [0.25, 0.3) is 5.57 Å². The molecule has 2 rings (SSSR count). The van der Waals surface area contributed by atoms with Crippen LogP contribution in [-0.4, -0.2) is 11.1 Å². The molecule has 1 aliphatic rings. The summed E-state index contributed by atoms with van der Waals surface area (Å²) in [5.74, 6) is 1.30. The van der Waals surface area contributed by atoms with Crippen LogP contribution >= 0.6 is 0 Å². The van der Waals surface area contributed by atoms with Gasteiger partial charge in [0.2, 0.25) is 0 Å². The van der Waals surface area contributed by atoms with Gasteiger partial charge in [-0.1, -0.05) is 40.7 Å². The van der Waals surface area contributed by atoms with Crippen molar-refractivity contribution in [2.75, 3.05) is 0 Å². The first kappa shape index (κ1) is 18.2. The molecule has 3 atom stereocenters. The van der Waals surface area contributed by atoms with E-state index in [1.54, 1.807) is 0 Å². The maximum Gasteiger partial charge on any atom is 0.0810 e. The van der Waals surface area contributed by atoms with E-state index in [-0.39, 0.29) is 12.2 Å². The molecule has 0 aliphatic carbocycles. The summed E-state index contributed by atoms with van der Waals surface area (Å²) in [5, 5.41) is 0. The average molecular weight is 316 g/mol. The SMILES string of the molecule is Cc1nc(C(C)C)c2c(c1C)[C@H](C)O[C@H](C)[C@H](C)/C=C\2C(C)C. The normalized spacial score (nSPS) is 27.4. The molecule has 0 saturated carbocycles. The number of hydrogen-bond acceptors (Lipinski definition) is 2. The van der Waals surface area contributed by atoms with Crippen molar-refractivity contribution in [3.05, 3.63) is 34.2 Å². The molecule has 0 aromatic carbocycles. The van der Waals surface area contributed by atoms with E-state index in [1.165, 1.54) is 28.0 Å². The number of ether oxygens (including phenoxy) is 1. The fraction of sp³-hybridized carbons (Fsp3) is 0.667. The summed E-state index contributed by atoms with van der Waals surface area (Å²) in [6.07, 6.45) is 2.74. The molecule has 128 valence electrons. The molecule has 2 heterocycles. The predicted octanol–water partition coefficient (Wildman–Crippen LogP) is 5.98. The lowest BCUT2D eigenvalue weighted by atomic mass is 9.81. The van der Waals surface area contributed by atoms with Crippen LogP contribution < -0.4 is 0 Å². The molecule has 1 aromatic rings. The minimum Gasteiger partial charge on any atom is -0.370 e. The van der Waals surface area contributed by atoms with Gasteiger partial charge in [0.1, 0.15) is 0 Å². The fourth-order valence-electron chi connectivity index (χ4n) is 3.57. The molecule has 0 radical (unpaired) electrons.